The Balaban J connectivity index is 3.35. The van der Waals surface area contributed by atoms with Gasteiger partial charge in [-0.3, -0.25) is 0 Å². The fraction of sp³-hybridized carbons (Fsp3) is 0.444. The summed E-state index contributed by atoms with van der Waals surface area (Å²) in [5.41, 5.74) is -0.502. The quantitative estimate of drug-likeness (QED) is 0.572. The summed E-state index contributed by atoms with van der Waals surface area (Å²) in [5.74, 6) is -4.06. The van der Waals surface area contributed by atoms with Gasteiger partial charge in [0.1, 0.15) is 0 Å². The topological polar surface area (TPSA) is 12.9 Å². The zero-order valence-electron chi connectivity index (χ0n) is 7.66. The maximum atomic E-state index is 13.1. The number of rotatable bonds is 0. The molecule has 0 aliphatic rings. The smallest absolute Gasteiger partial charge is 0.225 e. The second kappa shape index (κ2) is 3.01. The molecule has 0 fully saturated rings. The third-order valence-electron chi connectivity index (χ3n) is 1.73. The normalized spacial score (nSPS) is 11.8. The molecule has 0 amide bonds. The van der Waals surface area contributed by atoms with Crippen LogP contribution in [0.4, 0.5) is 13.2 Å². The molecule has 0 saturated carbocycles. The molecule has 13 heavy (non-hydrogen) atoms. The van der Waals surface area contributed by atoms with E-state index in [0.717, 1.165) is 6.20 Å². The maximum absolute atomic E-state index is 13.1. The molecule has 1 nitrogen and oxygen atoms in total. The van der Waals surface area contributed by atoms with E-state index in [4.69, 9.17) is 0 Å². The lowest BCUT2D eigenvalue weighted by molar-refractivity contribution is 0.405. The highest BCUT2D eigenvalue weighted by Gasteiger charge is 2.23. The molecule has 0 aliphatic heterocycles. The first-order valence-corrected chi connectivity index (χ1v) is 3.84. The minimum Gasteiger partial charge on any atom is -0.225 e. The summed E-state index contributed by atoms with van der Waals surface area (Å²) in [6.45, 7) is 5.10. The van der Waals surface area contributed by atoms with Crippen molar-refractivity contribution in [3.05, 3.63) is 29.3 Å². The van der Waals surface area contributed by atoms with Crippen molar-refractivity contribution in [2.75, 3.05) is 0 Å². The van der Waals surface area contributed by atoms with Gasteiger partial charge in [0.25, 0.3) is 5.95 Å². The Bertz CT molecular complexity index is 328. The minimum absolute atomic E-state index is 0.0754. The fourth-order valence-electron chi connectivity index (χ4n) is 0.966. The lowest BCUT2D eigenvalue weighted by Gasteiger charge is -2.18. The minimum atomic E-state index is -1.51. The van der Waals surface area contributed by atoms with Crippen LogP contribution in [0, 0.1) is 17.6 Å². The number of nitrogens with zero attached hydrogens (tertiary/aromatic N) is 1. The summed E-state index contributed by atoms with van der Waals surface area (Å²) >= 11 is 0. The van der Waals surface area contributed by atoms with Crippen LogP contribution in [0.25, 0.3) is 0 Å². The molecule has 72 valence electrons. The Morgan fingerprint density at radius 2 is 1.62 bits per heavy atom. The fourth-order valence-corrected chi connectivity index (χ4v) is 0.966. The zero-order valence-corrected chi connectivity index (χ0v) is 7.66. The van der Waals surface area contributed by atoms with Crippen molar-refractivity contribution in [1.82, 2.24) is 4.98 Å². The van der Waals surface area contributed by atoms with E-state index < -0.39 is 23.0 Å². The molecule has 1 aromatic heterocycles. The molecule has 0 radical (unpaired) electrons. The summed E-state index contributed by atoms with van der Waals surface area (Å²) in [7, 11) is 0. The van der Waals surface area contributed by atoms with Crippen molar-refractivity contribution in [2.24, 2.45) is 0 Å². The molecule has 0 unspecified atom stereocenters. The molecule has 4 heteroatoms. The summed E-state index contributed by atoms with van der Waals surface area (Å²) in [4.78, 5) is 3.12. The molecule has 0 spiro atoms. The number of aromatic nitrogens is 1. The number of hydrogen-bond acceptors (Lipinski definition) is 1. The third-order valence-corrected chi connectivity index (χ3v) is 1.73. The van der Waals surface area contributed by atoms with Gasteiger partial charge in [0, 0.05) is 11.8 Å². The van der Waals surface area contributed by atoms with Gasteiger partial charge in [-0.2, -0.15) is 8.78 Å². The van der Waals surface area contributed by atoms with Gasteiger partial charge < -0.3 is 0 Å². The van der Waals surface area contributed by atoms with Gasteiger partial charge in [-0.1, -0.05) is 20.8 Å². The van der Waals surface area contributed by atoms with E-state index in [0.29, 0.717) is 0 Å². The average molecular weight is 189 g/mol. The zero-order chi connectivity index (χ0) is 10.2. The van der Waals surface area contributed by atoms with Crippen LogP contribution in [-0.4, -0.2) is 4.98 Å². The summed E-state index contributed by atoms with van der Waals surface area (Å²) in [6.07, 6.45) is 1.02. The average Bonchev–Trinajstić information content (AvgIpc) is 1.98. The SMILES string of the molecule is CC(C)(C)c1cnc(F)c(F)c1F. The van der Waals surface area contributed by atoms with Gasteiger partial charge in [0.05, 0.1) is 0 Å². The summed E-state index contributed by atoms with van der Waals surface area (Å²) < 4.78 is 38.2. The van der Waals surface area contributed by atoms with Crippen LogP contribution in [0.1, 0.15) is 26.3 Å². The molecule has 0 saturated heterocycles. The second-order valence-corrected chi connectivity index (χ2v) is 3.84. The maximum Gasteiger partial charge on any atom is 0.251 e. The van der Waals surface area contributed by atoms with E-state index in [1.807, 2.05) is 0 Å². The molecular weight excluding hydrogens is 179 g/mol. The van der Waals surface area contributed by atoms with E-state index in [1.54, 1.807) is 20.8 Å². The van der Waals surface area contributed by atoms with E-state index in [2.05, 4.69) is 4.98 Å². The Kier molecular flexibility index (Phi) is 2.32. The van der Waals surface area contributed by atoms with Crippen LogP contribution in [0.2, 0.25) is 0 Å². The monoisotopic (exact) mass is 189 g/mol. The molecule has 1 aromatic rings. The van der Waals surface area contributed by atoms with Gasteiger partial charge in [-0.15, -0.1) is 0 Å². The molecule has 0 atom stereocenters. The van der Waals surface area contributed by atoms with Gasteiger partial charge in [0.15, 0.2) is 5.82 Å². The number of pyridine rings is 1. The summed E-state index contributed by atoms with van der Waals surface area (Å²) in [6, 6.07) is 0. The molecule has 0 N–H and O–H groups in total. The molecule has 1 heterocycles. The van der Waals surface area contributed by atoms with Gasteiger partial charge >= 0.3 is 0 Å². The lowest BCUT2D eigenvalue weighted by atomic mass is 9.88. The first-order valence-electron chi connectivity index (χ1n) is 3.84. The van der Waals surface area contributed by atoms with Crippen LogP contribution in [0.3, 0.4) is 0 Å². The largest absolute Gasteiger partial charge is 0.251 e. The van der Waals surface area contributed by atoms with Crippen LogP contribution in [-0.2, 0) is 5.41 Å². The molecule has 0 bridgehead atoms. The first-order chi connectivity index (χ1) is 5.84. The van der Waals surface area contributed by atoms with Crippen molar-refractivity contribution in [3.63, 3.8) is 0 Å². The predicted molar refractivity (Wildman–Crippen MR) is 42.8 cm³/mol. The van der Waals surface area contributed by atoms with Gasteiger partial charge in [-0.25, -0.2) is 9.37 Å². The van der Waals surface area contributed by atoms with Crippen molar-refractivity contribution in [3.8, 4) is 0 Å². The van der Waals surface area contributed by atoms with E-state index in [1.165, 1.54) is 0 Å². The number of halogens is 3. The highest BCUT2D eigenvalue weighted by Crippen LogP contribution is 2.25. The molecule has 0 aliphatic carbocycles. The third kappa shape index (κ3) is 1.82. The Hall–Kier alpha value is -1.06. The lowest BCUT2D eigenvalue weighted by Crippen LogP contribution is -2.16. The first kappa shape index (κ1) is 10.0. The van der Waals surface area contributed by atoms with Crippen LogP contribution >= 0.6 is 0 Å². The molecular formula is C9H10F3N. The van der Waals surface area contributed by atoms with Crippen LogP contribution < -0.4 is 0 Å². The van der Waals surface area contributed by atoms with Crippen LogP contribution in [0.5, 0.6) is 0 Å². The van der Waals surface area contributed by atoms with E-state index in [9.17, 15) is 13.2 Å². The van der Waals surface area contributed by atoms with Gasteiger partial charge in [0.2, 0.25) is 5.82 Å². The van der Waals surface area contributed by atoms with Crippen molar-refractivity contribution in [1.29, 1.82) is 0 Å². The van der Waals surface area contributed by atoms with Crippen LogP contribution in [0.15, 0.2) is 6.20 Å². The highest BCUT2D eigenvalue weighted by molar-refractivity contribution is 5.21. The van der Waals surface area contributed by atoms with Crippen molar-refractivity contribution in [2.45, 2.75) is 26.2 Å². The second-order valence-electron chi connectivity index (χ2n) is 3.84. The Labute approximate surface area is 74.6 Å². The van der Waals surface area contributed by atoms with Gasteiger partial charge in [-0.05, 0) is 5.41 Å². The van der Waals surface area contributed by atoms with E-state index in [-0.39, 0.29) is 5.56 Å². The molecule has 0 aromatic carbocycles. The molecule has 1 rings (SSSR count). The number of hydrogen-bond donors (Lipinski definition) is 0. The Morgan fingerprint density at radius 1 is 1.08 bits per heavy atom. The highest BCUT2D eigenvalue weighted by atomic mass is 19.2. The van der Waals surface area contributed by atoms with E-state index >= 15 is 0 Å². The predicted octanol–water partition coefficient (Wildman–Crippen LogP) is 2.80. The van der Waals surface area contributed by atoms with Crippen molar-refractivity contribution < 1.29 is 13.2 Å². The van der Waals surface area contributed by atoms with Crippen molar-refractivity contribution >= 4 is 0 Å². The standard InChI is InChI=1S/C9H10F3N/c1-9(2,3)5-4-13-8(12)7(11)6(5)10/h4H,1-3H3. The summed E-state index contributed by atoms with van der Waals surface area (Å²) in [5, 5.41) is 0. The Morgan fingerprint density at radius 3 is 2.08 bits per heavy atom.